The largest absolute Gasteiger partial charge is 0.393 e. The number of rotatable bonds is 6. The Hall–Kier alpha value is -1.19. The average Bonchev–Trinajstić information content (AvgIpc) is 2.02. The van der Waals surface area contributed by atoms with Crippen molar-refractivity contribution in [3.8, 4) is 0 Å². The van der Waals surface area contributed by atoms with Gasteiger partial charge in [-0.2, -0.15) is 0 Å². The minimum Gasteiger partial charge on any atom is -0.393 e. The Morgan fingerprint density at radius 2 is 1.71 bits per heavy atom. The van der Waals surface area contributed by atoms with E-state index in [1.807, 2.05) is 6.92 Å². The highest BCUT2D eigenvalue weighted by molar-refractivity contribution is 5.84. The summed E-state index contributed by atoms with van der Waals surface area (Å²) in [4.78, 5) is 32.2. The Morgan fingerprint density at radius 1 is 1.07 bits per heavy atom. The lowest BCUT2D eigenvalue weighted by Gasteiger charge is -1.99. The second-order valence-electron chi connectivity index (χ2n) is 3.11. The number of Topliss-reactive ketones (excluding diaryl/α,β-unsaturated/α-hetero) is 1. The fourth-order valence-electron chi connectivity index (χ4n) is 1.05. The van der Waals surface area contributed by atoms with Gasteiger partial charge >= 0.3 is 11.9 Å². The Bertz CT molecular complexity index is 220. The van der Waals surface area contributed by atoms with Crippen LogP contribution < -0.4 is 0 Å². The van der Waals surface area contributed by atoms with Crippen molar-refractivity contribution in [2.75, 3.05) is 0 Å². The number of ketones is 1. The second kappa shape index (κ2) is 7.24. The first-order valence-corrected chi connectivity index (χ1v) is 4.79. The van der Waals surface area contributed by atoms with Gasteiger partial charge in [-0.15, -0.1) is 0 Å². The minimum absolute atomic E-state index is 0.134. The van der Waals surface area contributed by atoms with E-state index >= 15 is 0 Å². The molecule has 0 aromatic carbocycles. The van der Waals surface area contributed by atoms with Crippen LogP contribution in [0, 0.1) is 0 Å². The Morgan fingerprint density at radius 3 is 2.21 bits per heavy atom. The molecule has 0 N–H and O–H groups in total. The third-order valence-corrected chi connectivity index (χ3v) is 1.62. The normalized spacial score (nSPS) is 9.57. The SMILES string of the molecule is CCCC(=O)CCCC(=O)OC(C)=O. The maximum absolute atomic E-state index is 11.0. The first-order valence-electron chi connectivity index (χ1n) is 4.79. The molecular weight excluding hydrogens is 184 g/mol. The van der Waals surface area contributed by atoms with Crippen molar-refractivity contribution >= 4 is 17.7 Å². The first kappa shape index (κ1) is 12.8. The minimum atomic E-state index is -0.602. The molecule has 4 nitrogen and oxygen atoms in total. The molecule has 0 rings (SSSR count). The molecular formula is C10H16O4. The predicted octanol–water partition coefficient (Wildman–Crippen LogP) is 1.62. The molecule has 0 atom stereocenters. The molecule has 14 heavy (non-hydrogen) atoms. The molecule has 0 aliphatic rings. The lowest BCUT2D eigenvalue weighted by Crippen LogP contribution is -2.09. The lowest BCUT2D eigenvalue weighted by atomic mass is 10.1. The van der Waals surface area contributed by atoms with Crippen LogP contribution in [0.15, 0.2) is 0 Å². The Labute approximate surface area is 83.6 Å². The van der Waals surface area contributed by atoms with E-state index in [2.05, 4.69) is 4.74 Å². The quantitative estimate of drug-likeness (QED) is 0.482. The molecule has 0 fully saturated rings. The van der Waals surface area contributed by atoms with Crippen molar-refractivity contribution in [3.63, 3.8) is 0 Å². The highest BCUT2D eigenvalue weighted by Gasteiger charge is 2.07. The van der Waals surface area contributed by atoms with Crippen LogP contribution in [-0.4, -0.2) is 17.7 Å². The summed E-state index contributed by atoms with van der Waals surface area (Å²) >= 11 is 0. The van der Waals surface area contributed by atoms with Crippen LogP contribution in [0.25, 0.3) is 0 Å². The Kier molecular flexibility index (Phi) is 6.62. The molecule has 4 heteroatoms. The summed E-state index contributed by atoms with van der Waals surface area (Å²) in [7, 11) is 0. The van der Waals surface area contributed by atoms with Crippen molar-refractivity contribution in [2.45, 2.75) is 46.0 Å². The maximum atomic E-state index is 11.0. The van der Waals surface area contributed by atoms with Crippen molar-refractivity contribution in [1.29, 1.82) is 0 Å². The Balaban J connectivity index is 3.49. The van der Waals surface area contributed by atoms with E-state index in [0.717, 1.165) is 6.42 Å². The molecule has 0 aliphatic carbocycles. The molecule has 0 aromatic rings. The van der Waals surface area contributed by atoms with Gasteiger partial charge in [-0.3, -0.25) is 14.4 Å². The highest BCUT2D eigenvalue weighted by atomic mass is 16.6. The zero-order valence-electron chi connectivity index (χ0n) is 8.67. The van der Waals surface area contributed by atoms with Crippen molar-refractivity contribution in [3.05, 3.63) is 0 Å². The van der Waals surface area contributed by atoms with Crippen LogP contribution in [0.2, 0.25) is 0 Å². The fraction of sp³-hybridized carbons (Fsp3) is 0.700. The van der Waals surface area contributed by atoms with Crippen LogP contribution in [0.3, 0.4) is 0 Å². The van der Waals surface area contributed by atoms with Gasteiger partial charge in [-0.05, 0) is 12.8 Å². The summed E-state index contributed by atoms with van der Waals surface area (Å²) < 4.78 is 4.30. The van der Waals surface area contributed by atoms with E-state index < -0.39 is 11.9 Å². The molecule has 0 heterocycles. The number of esters is 2. The van der Waals surface area contributed by atoms with E-state index in [0.29, 0.717) is 19.3 Å². The summed E-state index contributed by atoms with van der Waals surface area (Å²) in [6.45, 7) is 3.11. The highest BCUT2D eigenvalue weighted by Crippen LogP contribution is 2.02. The van der Waals surface area contributed by atoms with Crippen molar-refractivity contribution < 1.29 is 19.1 Å². The standard InChI is InChI=1S/C10H16O4/c1-3-5-9(12)6-4-7-10(13)14-8(2)11/h3-7H2,1-2H3. The van der Waals surface area contributed by atoms with Crippen LogP contribution in [0.5, 0.6) is 0 Å². The molecule has 0 radical (unpaired) electrons. The summed E-state index contributed by atoms with van der Waals surface area (Å²) in [5, 5.41) is 0. The number of carbonyl (C=O) groups is 3. The monoisotopic (exact) mass is 200 g/mol. The van der Waals surface area contributed by atoms with E-state index in [1.165, 1.54) is 6.92 Å². The molecule has 0 saturated heterocycles. The third kappa shape index (κ3) is 7.46. The number of ether oxygens (including phenoxy) is 1. The summed E-state index contributed by atoms with van der Waals surface area (Å²) in [6.07, 6.45) is 2.37. The van der Waals surface area contributed by atoms with Gasteiger partial charge in [0.15, 0.2) is 0 Å². The zero-order valence-corrected chi connectivity index (χ0v) is 8.67. The molecule has 0 aliphatic heterocycles. The molecule has 0 saturated carbocycles. The van der Waals surface area contributed by atoms with Gasteiger partial charge in [0.25, 0.3) is 0 Å². The van der Waals surface area contributed by atoms with Crippen molar-refractivity contribution in [2.24, 2.45) is 0 Å². The number of carbonyl (C=O) groups excluding carboxylic acids is 3. The van der Waals surface area contributed by atoms with E-state index in [1.54, 1.807) is 0 Å². The molecule has 0 unspecified atom stereocenters. The second-order valence-corrected chi connectivity index (χ2v) is 3.11. The van der Waals surface area contributed by atoms with Crippen LogP contribution in [-0.2, 0) is 19.1 Å². The summed E-state index contributed by atoms with van der Waals surface area (Å²) in [5.41, 5.74) is 0. The van der Waals surface area contributed by atoms with Crippen LogP contribution in [0.1, 0.15) is 46.0 Å². The smallest absolute Gasteiger partial charge is 0.313 e. The fourth-order valence-corrected chi connectivity index (χ4v) is 1.05. The van der Waals surface area contributed by atoms with Crippen molar-refractivity contribution in [1.82, 2.24) is 0 Å². The van der Waals surface area contributed by atoms with Gasteiger partial charge < -0.3 is 4.74 Å². The van der Waals surface area contributed by atoms with E-state index in [4.69, 9.17) is 0 Å². The summed E-state index contributed by atoms with van der Waals surface area (Å²) in [6, 6.07) is 0. The van der Waals surface area contributed by atoms with Gasteiger partial charge in [-0.25, -0.2) is 0 Å². The third-order valence-electron chi connectivity index (χ3n) is 1.62. The number of hydrogen-bond donors (Lipinski definition) is 0. The van der Waals surface area contributed by atoms with Gasteiger partial charge in [0.1, 0.15) is 5.78 Å². The van der Waals surface area contributed by atoms with E-state index in [-0.39, 0.29) is 12.2 Å². The molecule has 0 aromatic heterocycles. The van der Waals surface area contributed by atoms with Crippen LogP contribution >= 0.6 is 0 Å². The van der Waals surface area contributed by atoms with Crippen LogP contribution in [0.4, 0.5) is 0 Å². The maximum Gasteiger partial charge on any atom is 0.313 e. The zero-order chi connectivity index (χ0) is 11.0. The summed E-state index contributed by atoms with van der Waals surface area (Å²) in [5.74, 6) is -1.00. The van der Waals surface area contributed by atoms with E-state index in [9.17, 15) is 14.4 Å². The molecule has 0 amide bonds. The predicted molar refractivity (Wildman–Crippen MR) is 50.5 cm³/mol. The molecule has 80 valence electrons. The van der Waals surface area contributed by atoms with Gasteiger partial charge in [0.05, 0.1) is 0 Å². The lowest BCUT2D eigenvalue weighted by molar-refractivity contribution is -0.158. The topological polar surface area (TPSA) is 60.4 Å². The molecule has 0 spiro atoms. The molecule has 0 bridgehead atoms. The number of hydrogen-bond acceptors (Lipinski definition) is 4. The van der Waals surface area contributed by atoms with Gasteiger partial charge in [0.2, 0.25) is 0 Å². The average molecular weight is 200 g/mol. The van der Waals surface area contributed by atoms with Gasteiger partial charge in [-0.1, -0.05) is 6.92 Å². The first-order chi connectivity index (χ1) is 6.56. The van der Waals surface area contributed by atoms with Gasteiger partial charge in [0, 0.05) is 26.2 Å².